The summed E-state index contributed by atoms with van der Waals surface area (Å²) in [5.74, 6) is 0.522. The van der Waals surface area contributed by atoms with Crippen LogP contribution in [0.4, 0.5) is 0 Å². The van der Waals surface area contributed by atoms with Gasteiger partial charge in [0.15, 0.2) is 5.16 Å². The van der Waals surface area contributed by atoms with Crippen LogP contribution in [0.2, 0.25) is 0 Å². The van der Waals surface area contributed by atoms with Crippen LogP contribution in [0.15, 0.2) is 46.4 Å². The molecule has 1 heterocycles. The summed E-state index contributed by atoms with van der Waals surface area (Å²) < 4.78 is 1.78. The van der Waals surface area contributed by atoms with Crippen LogP contribution in [0, 0.1) is 0 Å². The van der Waals surface area contributed by atoms with Crippen LogP contribution >= 0.6 is 11.8 Å². The Morgan fingerprint density at radius 1 is 1.29 bits per heavy atom. The summed E-state index contributed by atoms with van der Waals surface area (Å²) in [5, 5.41) is 9.99. The first-order valence-corrected chi connectivity index (χ1v) is 11.2. The SMILES string of the molecule is C=C(C)Cn1c(SCCO)nc2c(c1=O)C1(CCCCC1)Cc1ccccc1-2. The zero-order chi connectivity index (χ0) is 19.7. The van der Waals surface area contributed by atoms with E-state index in [0.717, 1.165) is 41.7 Å². The summed E-state index contributed by atoms with van der Waals surface area (Å²) in [6.45, 7) is 6.50. The molecule has 0 atom stereocenters. The number of fused-ring (bicyclic) bond motifs is 4. The number of nitrogens with zero attached hydrogens (tertiary/aromatic N) is 2. The van der Waals surface area contributed by atoms with E-state index in [9.17, 15) is 9.90 Å². The van der Waals surface area contributed by atoms with E-state index >= 15 is 0 Å². The van der Waals surface area contributed by atoms with E-state index in [0.29, 0.717) is 17.5 Å². The number of aliphatic hydroxyl groups excluding tert-OH is 1. The molecule has 2 aliphatic carbocycles. The Labute approximate surface area is 170 Å². The van der Waals surface area contributed by atoms with Crippen molar-refractivity contribution in [3.8, 4) is 11.3 Å². The number of benzene rings is 1. The fraction of sp³-hybridized carbons (Fsp3) is 0.478. The molecule has 1 saturated carbocycles. The average Bonchev–Trinajstić information content (AvgIpc) is 2.69. The number of allylic oxidation sites excluding steroid dienone is 1. The van der Waals surface area contributed by atoms with Gasteiger partial charge in [-0.25, -0.2) is 4.98 Å². The van der Waals surface area contributed by atoms with Crippen molar-refractivity contribution in [2.24, 2.45) is 0 Å². The summed E-state index contributed by atoms with van der Waals surface area (Å²) in [4.78, 5) is 18.9. The first-order chi connectivity index (χ1) is 13.6. The van der Waals surface area contributed by atoms with Gasteiger partial charge in [0, 0.05) is 23.3 Å². The van der Waals surface area contributed by atoms with Crippen LogP contribution < -0.4 is 5.56 Å². The minimum atomic E-state index is -0.0942. The monoisotopic (exact) mass is 396 g/mol. The third-order valence-electron chi connectivity index (χ3n) is 6.03. The van der Waals surface area contributed by atoms with Crippen molar-refractivity contribution in [2.45, 2.75) is 62.6 Å². The van der Waals surface area contributed by atoms with E-state index in [2.05, 4.69) is 24.8 Å². The number of aliphatic hydroxyl groups is 1. The third kappa shape index (κ3) is 3.35. The van der Waals surface area contributed by atoms with Gasteiger partial charge in [0.05, 0.1) is 17.9 Å². The van der Waals surface area contributed by atoms with Crippen molar-refractivity contribution < 1.29 is 5.11 Å². The second-order valence-electron chi connectivity index (χ2n) is 8.21. The molecule has 28 heavy (non-hydrogen) atoms. The summed E-state index contributed by atoms with van der Waals surface area (Å²) in [5.41, 5.74) is 5.11. The normalized spacial score (nSPS) is 17.2. The molecule has 4 rings (SSSR count). The van der Waals surface area contributed by atoms with E-state index in [-0.39, 0.29) is 17.6 Å². The van der Waals surface area contributed by atoms with Crippen LogP contribution in [0.25, 0.3) is 11.3 Å². The van der Waals surface area contributed by atoms with Gasteiger partial charge in [0.25, 0.3) is 5.56 Å². The molecule has 4 nitrogen and oxygen atoms in total. The van der Waals surface area contributed by atoms with Crippen molar-refractivity contribution in [2.75, 3.05) is 12.4 Å². The Hall–Kier alpha value is -1.85. The minimum absolute atomic E-state index is 0.0607. The summed E-state index contributed by atoms with van der Waals surface area (Å²) in [6, 6.07) is 8.41. The quantitative estimate of drug-likeness (QED) is 0.464. The van der Waals surface area contributed by atoms with E-state index in [1.54, 1.807) is 4.57 Å². The fourth-order valence-corrected chi connectivity index (χ4v) is 5.61. The van der Waals surface area contributed by atoms with Crippen molar-refractivity contribution in [3.05, 3.63) is 57.9 Å². The van der Waals surface area contributed by atoms with Gasteiger partial charge in [-0.15, -0.1) is 0 Å². The third-order valence-corrected chi connectivity index (χ3v) is 6.98. The maximum Gasteiger partial charge on any atom is 0.258 e. The van der Waals surface area contributed by atoms with Gasteiger partial charge in [-0.1, -0.05) is 67.4 Å². The lowest BCUT2D eigenvalue weighted by Crippen LogP contribution is -2.43. The summed E-state index contributed by atoms with van der Waals surface area (Å²) in [6.07, 6.45) is 6.63. The van der Waals surface area contributed by atoms with Crippen LogP contribution in [0.5, 0.6) is 0 Å². The lowest BCUT2D eigenvalue weighted by atomic mass is 9.62. The first-order valence-electron chi connectivity index (χ1n) is 10.2. The van der Waals surface area contributed by atoms with Crippen LogP contribution in [0.1, 0.15) is 50.2 Å². The lowest BCUT2D eigenvalue weighted by Gasteiger charge is -2.42. The zero-order valence-corrected chi connectivity index (χ0v) is 17.4. The number of hydrogen-bond acceptors (Lipinski definition) is 4. The molecule has 2 aromatic rings. The molecule has 0 aliphatic heterocycles. The maximum atomic E-state index is 13.8. The highest BCUT2D eigenvalue weighted by molar-refractivity contribution is 7.99. The molecule has 0 saturated heterocycles. The summed E-state index contributed by atoms with van der Waals surface area (Å²) >= 11 is 1.45. The molecule has 5 heteroatoms. The highest BCUT2D eigenvalue weighted by atomic mass is 32.2. The second-order valence-corrected chi connectivity index (χ2v) is 9.28. The molecular formula is C23H28N2O2S. The molecule has 1 spiro atoms. The van der Waals surface area contributed by atoms with E-state index in [4.69, 9.17) is 4.98 Å². The standard InChI is InChI=1S/C23H28N2O2S/c1-16(2)15-25-21(27)19-20(24-22(25)28-13-12-26)18-9-5-4-8-17(18)14-23(19)10-6-3-7-11-23/h4-5,8-9,26H,1,3,6-7,10-15H2,2H3. The van der Waals surface area contributed by atoms with E-state index in [1.165, 1.54) is 36.6 Å². The van der Waals surface area contributed by atoms with Crippen LogP contribution in [-0.2, 0) is 18.4 Å². The van der Waals surface area contributed by atoms with Crippen LogP contribution in [-0.4, -0.2) is 27.0 Å². The number of thioether (sulfide) groups is 1. The highest BCUT2D eigenvalue weighted by Gasteiger charge is 2.43. The Bertz CT molecular complexity index is 958. The van der Waals surface area contributed by atoms with Gasteiger partial charge in [-0.05, 0) is 31.7 Å². The summed E-state index contributed by atoms with van der Waals surface area (Å²) in [7, 11) is 0. The second kappa shape index (κ2) is 7.88. The van der Waals surface area contributed by atoms with Crippen molar-refractivity contribution in [1.82, 2.24) is 9.55 Å². The lowest BCUT2D eigenvalue weighted by molar-refractivity contribution is 0.282. The Morgan fingerprint density at radius 3 is 2.75 bits per heavy atom. The van der Waals surface area contributed by atoms with Gasteiger partial charge in [-0.3, -0.25) is 9.36 Å². The molecule has 0 amide bonds. The van der Waals surface area contributed by atoms with Crippen molar-refractivity contribution >= 4 is 11.8 Å². The molecule has 0 unspecified atom stereocenters. The van der Waals surface area contributed by atoms with Gasteiger partial charge in [-0.2, -0.15) is 0 Å². The van der Waals surface area contributed by atoms with Crippen molar-refractivity contribution in [3.63, 3.8) is 0 Å². The molecule has 1 aromatic heterocycles. The number of aromatic nitrogens is 2. The zero-order valence-electron chi connectivity index (χ0n) is 16.5. The average molecular weight is 397 g/mol. The molecule has 148 valence electrons. The highest BCUT2D eigenvalue weighted by Crippen LogP contribution is 2.48. The predicted octanol–water partition coefficient (Wildman–Crippen LogP) is 4.33. The number of rotatable bonds is 5. The molecule has 0 radical (unpaired) electrons. The molecule has 1 fully saturated rings. The first kappa shape index (κ1) is 19.5. The molecule has 0 bridgehead atoms. The Kier molecular flexibility index (Phi) is 5.48. The van der Waals surface area contributed by atoms with Crippen molar-refractivity contribution in [1.29, 1.82) is 0 Å². The molecule has 2 aliphatic rings. The maximum absolute atomic E-state index is 13.8. The van der Waals surface area contributed by atoms with Gasteiger partial charge in [0.1, 0.15) is 0 Å². The minimum Gasteiger partial charge on any atom is -0.396 e. The molecule has 1 N–H and O–H groups in total. The largest absolute Gasteiger partial charge is 0.396 e. The Morgan fingerprint density at radius 2 is 2.04 bits per heavy atom. The smallest absolute Gasteiger partial charge is 0.258 e. The van der Waals surface area contributed by atoms with Gasteiger partial charge in [0.2, 0.25) is 0 Å². The van der Waals surface area contributed by atoms with E-state index < -0.39 is 0 Å². The Balaban J connectivity index is 1.99. The van der Waals surface area contributed by atoms with Crippen LogP contribution in [0.3, 0.4) is 0 Å². The molecular weight excluding hydrogens is 368 g/mol. The topological polar surface area (TPSA) is 55.1 Å². The molecule has 1 aromatic carbocycles. The van der Waals surface area contributed by atoms with Gasteiger partial charge >= 0.3 is 0 Å². The van der Waals surface area contributed by atoms with Gasteiger partial charge < -0.3 is 5.11 Å². The van der Waals surface area contributed by atoms with E-state index in [1.807, 2.05) is 13.0 Å². The predicted molar refractivity (Wildman–Crippen MR) is 115 cm³/mol. The fourth-order valence-electron chi connectivity index (χ4n) is 4.88. The number of hydrogen-bond donors (Lipinski definition) is 1.